The van der Waals surface area contributed by atoms with Gasteiger partial charge >= 0.3 is 0 Å². The summed E-state index contributed by atoms with van der Waals surface area (Å²) in [7, 11) is 1.98. The van der Waals surface area contributed by atoms with Crippen molar-refractivity contribution in [3.05, 3.63) is 34.0 Å². The van der Waals surface area contributed by atoms with Crippen LogP contribution in [0.5, 0.6) is 0 Å². The van der Waals surface area contributed by atoms with Gasteiger partial charge in [0.1, 0.15) is 12.4 Å². The molecule has 3 rings (SSSR count). The molecule has 1 aliphatic rings. The van der Waals surface area contributed by atoms with E-state index in [-0.39, 0.29) is 24.0 Å². The number of rotatable bonds is 11. The van der Waals surface area contributed by atoms with Gasteiger partial charge in [0.25, 0.3) is 0 Å². The van der Waals surface area contributed by atoms with Crippen molar-refractivity contribution in [2.75, 3.05) is 26.3 Å². The first-order valence-electron chi connectivity index (χ1n) is 11.1. The van der Waals surface area contributed by atoms with E-state index in [0.717, 1.165) is 56.8 Å². The number of halogens is 1. The second kappa shape index (κ2) is 13.4. The molecule has 174 valence electrons. The fourth-order valence-corrected chi connectivity index (χ4v) is 4.73. The van der Waals surface area contributed by atoms with Crippen LogP contribution in [0, 0.1) is 12.3 Å². The van der Waals surface area contributed by atoms with Crippen LogP contribution in [-0.4, -0.2) is 47.0 Å². The van der Waals surface area contributed by atoms with Gasteiger partial charge in [-0.2, -0.15) is 0 Å². The number of ether oxygens (including phenoxy) is 1. The van der Waals surface area contributed by atoms with Crippen LogP contribution in [0.3, 0.4) is 0 Å². The molecule has 2 aromatic heterocycles. The predicted molar refractivity (Wildman–Crippen MR) is 138 cm³/mol. The van der Waals surface area contributed by atoms with Gasteiger partial charge in [-0.3, -0.25) is 0 Å². The molecule has 1 fully saturated rings. The van der Waals surface area contributed by atoms with Gasteiger partial charge in [-0.15, -0.1) is 45.5 Å². The van der Waals surface area contributed by atoms with E-state index in [9.17, 15) is 0 Å². The summed E-state index contributed by atoms with van der Waals surface area (Å²) in [6.45, 7) is 7.96. The van der Waals surface area contributed by atoms with Gasteiger partial charge in [0.05, 0.1) is 0 Å². The maximum absolute atomic E-state index is 5.66. The number of nitrogens with zero attached hydrogens (tertiary/aromatic N) is 4. The maximum Gasteiger partial charge on any atom is 0.191 e. The molecule has 2 heterocycles. The quantitative estimate of drug-likeness (QED) is 0.188. The third kappa shape index (κ3) is 8.02. The minimum Gasteiger partial charge on any atom is -0.382 e. The second-order valence-corrected chi connectivity index (χ2v) is 9.18. The molecule has 0 aliphatic heterocycles. The second-order valence-electron chi connectivity index (χ2n) is 8.15. The molecule has 0 amide bonds. The highest BCUT2D eigenvalue weighted by Crippen LogP contribution is 2.40. The molecule has 0 unspecified atom stereocenters. The Morgan fingerprint density at radius 3 is 2.74 bits per heavy atom. The highest BCUT2D eigenvalue weighted by Gasteiger charge is 2.33. The summed E-state index contributed by atoms with van der Waals surface area (Å²) in [5, 5.41) is 17.7. The molecule has 2 N–H and O–H groups in total. The predicted octanol–water partition coefficient (Wildman–Crippen LogP) is 4.07. The summed E-state index contributed by atoms with van der Waals surface area (Å²) in [4.78, 5) is 6.20. The monoisotopic (exact) mass is 560 g/mol. The van der Waals surface area contributed by atoms with Gasteiger partial charge < -0.3 is 19.9 Å². The molecule has 0 spiro atoms. The van der Waals surface area contributed by atoms with E-state index in [1.54, 1.807) is 11.3 Å². The number of aryl methyl sites for hydroxylation is 1. The van der Waals surface area contributed by atoms with E-state index in [1.807, 2.05) is 18.5 Å². The lowest BCUT2D eigenvalue weighted by atomic mass is 9.83. The number of hydrogen-bond donors (Lipinski definition) is 2. The zero-order valence-corrected chi connectivity index (χ0v) is 22.2. The normalized spacial score (nSPS) is 15.6. The van der Waals surface area contributed by atoms with Gasteiger partial charge in [-0.05, 0) is 56.4 Å². The number of nitrogens with one attached hydrogen (secondary N) is 2. The fraction of sp³-hybridized carbons (Fsp3) is 0.682. The summed E-state index contributed by atoms with van der Waals surface area (Å²) in [5.41, 5.74) is 0.312. The molecule has 0 atom stereocenters. The van der Waals surface area contributed by atoms with Crippen LogP contribution in [0.1, 0.15) is 55.6 Å². The van der Waals surface area contributed by atoms with Gasteiger partial charge in [-0.1, -0.05) is 18.9 Å². The maximum atomic E-state index is 5.66. The molecule has 1 aliphatic carbocycles. The van der Waals surface area contributed by atoms with Crippen LogP contribution >= 0.6 is 35.3 Å². The van der Waals surface area contributed by atoms with Crippen molar-refractivity contribution in [3.63, 3.8) is 0 Å². The van der Waals surface area contributed by atoms with Crippen molar-refractivity contribution in [2.24, 2.45) is 17.5 Å². The lowest BCUT2D eigenvalue weighted by Gasteiger charge is -2.30. The molecule has 0 radical (unpaired) electrons. The van der Waals surface area contributed by atoms with Gasteiger partial charge in [0.2, 0.25) is 0 Å². The van der Waals surface area contributed by atoms with Crippen LogP contribution in [0.4, 0.5) is 0 Å². The third-order valence-corrected chi connectivity index (χ3v) is 7.02. The van der Waals surface area contributed by atoms with E-state index in [4.69, 9.17) is 9.73 Å². The molecule has 0 aromatic carbocycles. The number of aromatic nitrogens is 3. The highest BCUT2D eigenvalue weighted by molar-refractivity contribution is 14.0. The van der Waals surface area contributed by atoms with Crippen LogP contribution in [0.25, 0.3) is 0 Å². The lowest BCUT2D eigenvalue weighted by Crippen LogP contribution is -2.44. The smallest absolute Gasteiger partial charge is 0.191 e. The van der Waals surface area contributed by atoms with E-state index in [2.05, 4.69) is 45.3 Å². The van der Waals surface area contributed by atoms with Crippen molar-refractivity contribution < 1.29 is 4.74 Å². The largest absolute Gasteiger partial charge is 0.382 e. The van der Waals surface area contributed by atoms with Crippen LogP contribution in [0.15, 0.2) is 22.5 Å². The van der Waals surface area contributed by atoms with E-state index in [0.29, 0.717) is 12.0 Å². The zero-order valence-electron chi connectivity index (χ0n) is 19.0. The first-order valence-corrected chi connectivity index (χ1v) is 12.0. The SMILES string of the molecule is CCOCCC1(CNC(=NCc2nnc(C)n2C)NCCc2cccs2)CCCC1.I. The van der Waals surface area contributed by atoms with Crippen LogP contribution < -0.4 is 10.6 Å². The molecule has 2 aromatic rings. The van der Waals surface area contributed by atoms with Crippen molar-refractivity contribution in [2.45, 2.75) is 58.9 Å². The molecule has 0 bridgehead atoms. The molecule has 7 nitrogen and oxygen atoms in total. The number of aliphatic imine (C=N–C) groups is 1. The average Bonchev–Trinajstić information content (AvgIpc) is 3.49. The lowest BCUT2D eigenvalue weighted by molar-refractivity contribution is 0.105. The summed E-state index contributed by atoms with van der Waals surface area (Å²) in [6, 6.07) is 4.28. The Hall–Kier alpha value is -1.20. The number of hydrogen-bond acceptors (Lipinski definition) is 5. The molecular weight excluding hydrogens is 523 g/mol. The van der Waals surface area contributed by atoms with E-state index >= 15 is 0 Å². The molecule has 9 heteroatoms. The first kappa shape index (κ1) is 26.1. The Labute approximate surface area is 207 Å². The Kier molecular flexibility index (Phi) is 11.2. The van der Waals surface area contributed by atoms with E-state index in [1.165, 1.54) is 30.6 Å². The summed E-state index contributed by atoms with van der Waals surface area (Å²) in [6.07, 6.45) is 7.25. The van der Waals surface area contributed by atoms with Crippen molar-refractivity contribution >= 4 is 41.3 Å². The fourth-order valence-electron chi connectivity index (χ4n) is 4.02. The van der Waals surface area contributed by atoms with E-state index < -0.39 is 0 Å². The molecule has 1 saturated carbocycles. The summed E-state index contributed by atoms with van der Waals surface area (Å²) in [5.74, 6) is 2.63. The Morgan fingerprint density at radius 1 is 1.29 bits per heavy atom. The van der Waals surface area contributed by atoms with Crippen molar-refractivity contribution in [3.8, 4) is 0 Å². The highest BCUT2D eigenvalue weighted by atomic mass is 127. The van der Waals surface area contributed by atoms with Gasteiger partial charge in [-0.25, -0.2) is 4.99 Å². The summed E-state index contributed by atoms with van der Waals surface area (Å²) >= 11 is 1.80. The Morgan fingerprint density at radius 2 is 2.10 bits per heavy atom. The minimum atomic E-state index is 0. The summed E-state index contributed by atoms with van der Waals surface area (Å²) < 4.78 is 7.66. The van der Waals surface area contributed by atoms with Gasteiger partial charge in [0, 0.05) is 38.2 Å². The molecule has 31 heavy (non-hydrogen) atoms. The number of thiophene rings is 1. The molecular formula is C22H37IN6OS. The minimum absolute atomic E-state index is 0. The van der Waals surface area contributed by atoms with Crippen molar-refractivity contribution in [1.29, 1.82) is 0 Å². The number of guanidine groups is 1. The van der Waals surface area contributed by atoms with Gasteiger partial charge in [0.15, 0.2) is 11.8 Å². The Balaban J connectivity index is 0.00000341. The van der Waals surface area contributed by atoms with Crippen LogP contribution in [0.2, 0.25) is 0 Å². The topological polar surface area (TPSA) is 76.4 Å². The first-order chi connectivity index (χ1) is 14.6. The third-order valence-electron chi connectivity index (χ3n) is 6.08. The van der Waals surface area contributed by atoms with Crippen LogP contribution in [-0.2, 0) is 24.8 Å². The average molecular weight is 561 g/mol. The van der Waals surface area contributed by atoms with Crippen molar-refractivity contribution in [1.82, 2.24) is 25.4 Å². The Bertz CT molecular complexity index is 786. The zero-order chi connectivity index (χ0) is 21.2. The standard InChI is InChI=1S/C22H36N6OS.HI/c1-4-29-14-12-22(10-5-6-11-22)17-25-21(23-13-9-19-8-7-15-30-19)24-16-20-27-26-18(2)28(20)3;/h7-8,15H,4-6,9-14,16-17H2,1-3H3,(H2,23,24,25);1H. The molecule has 0 saturated heterocycles.